The molecule has 0 bridgehead atoms. The lowest BCUT2D eigenvalue weighted by molar-refractivity contribution is 0.491. The minimum absolute atomic E-state index is 0.167. The Bertz CT molecular complexity index is 1260. The largest absolute Gasteiger partial charge is 0.544 e. The van der Waals surface area contributed by atoms with Crippen LogP contribution in [-0.4, -0.2) is 16.6 Å². The number of alkyl halides is 1. The van der Waals surface area contributed by atoms with Gasteiger partial charge in [0.15, 0.2) is 0 Å². The molecule has 0 heterocycles. The highest BCUT2D eigenvalue weighted by atomic mass is 79.9. The molecule has 0 aromatic heterocycles. The zero-order valence-electron chi connectivity index (χ0n) is 28.8. The predicted molar refractivity (Wildman–Crippen MR) is 192 cm³/mol. The quantitative estimate of drug-likeness (QED) is 0.167. The van der Waals surface area contributed by atoms with Gasteiger partial charge in [0.05, 0.1) is 0 Å². The normalized spacial score (nSPS) is 13.7. The van der Waals surface area contributed by atoms with E-state index in [0.717, 1.165) is 16.8 Å². The third-order valence-corrected chi connectivity index (χ3v) is 19.5. The second-order valence-corrected chi connectivity index (χ2v) is 26.1. The van der Waals surface area contributed by atoms with Crippen LogP contribution in [-0.2, 0) is 16.2 Å². The Kier molecular flexibility index (Phi) is 9.85. The Morgan fingerprint density at radius 1 is 0.500 bits per heavy atom. The third kappa shape index (κ3) is 7.45. The van der Waals surface area contributed by atoms with Gasteiger partial charge in [-0.2, -0.15) is 0 Å². The van der Waals surface area contributed by atoms with Gasteiger partial charge in [-0.1, -0.05) is 128 Å². The highest BCUT2D eigenvalue weighted by Gasteiger charge is 2.40. The summed E-state index contributed by atoms with van der Waals surface area (Å²) in [6.45, 7) is 32.2. The summed E-state index contributed by atoms with van der Waals surface area (Å²) in [4.78, 5) is 0. The van der Waals surface area contributed by atoms with Gasteiger partial charge in [-0.15, -0.1) is 0 Å². The first kappa shape index (κ1) is 34.7. The number of halogens is 1. The summed E-state index contributed by atoms with van der Waals surface area (Å²) in [6.07, 6.45) is 0. The van der Waals surface area contributed by atoms with Crippen molar-refractivity contribution in [2.45, 2.75) is 122 Å². The first-order valence-corrected chi connectivity index (χ1v) is 22.3. The number of hydrogen-bond acceptors (Lipinski definition) is 2. The molecule has 2 nitrogen and oxygen atoms in total. The van der Waals surface area contributed by atoms with Crippen molar-refractivity contribution in [2.75, 3.05) is 0 Å². The van der Waals surface area contributed by atoms with Gasteiger partial charge in [0, 0.05) is 16.2 Å². The third-order valence-electron chi connectivity index (χ3n) is 10.1. The van der Waals surface area contributed by atoms with Crippen LogP contribution in [0.4, 0.5) is 0 Å². The maximum absolute atomic E-state index is 6.57. The second-order valence-electron chi connectivity index (χ2n) is 16.1. The summed E-state index contributed by atoms with van der Waals surface area (Å²) >= 11 is 3.75. The minimum Gasteiger partial charge on any atom is -0.544 e. The van der Waals surface area contributed by atoms with Gasteiger partial charge in [0.25, 0.3) is 0 Å². The molecule has 0 amide bonds. The van der Waals surface area contributed by atoms with Crippen LogP contribution in [0, 0.1) is 0 Å². The van der Waals surface area contributed by atoms with E-state index >= 15 is 0 Å². The van der Waals surface area contributed by atoms with Crippen LogP contribution in [0.1, 0.15) is 97.1 Å². The van der Waals surface area contributed by atoms with Crippen molar-refractivity contribution in [3.8, 4) is 11.5 Å². The van der Waals surface area contributed by atoms with E-state index in [1.807, 2.05) is 0 Å². The second kappa shape index (κ2) is 11.9. The van der Waals surface area contributed by atoms with Crippen LogP contribution >= 0.6 is 15.9 Å². The summed E-state index contributed by atoms with van der Waals surface area (Å²) < 4.78 is 13.1. The molecule has 3 aromatic rings. The van der Waals surface area contributed by atoms with Crippen molar-refractivity contribution in [1.82, 2.24) is 0 Å². The van der Waals surface area contributed by atoms with E-state index < -0.39 is 16.6 Å². The molecule has 0 saturated carbocycles. The van der Waals surface area contributed by atoms with Crippen molar-refractivity contribution in [3.63, 3.8) is 0 Å². The van der Waals surface area contributed by atoms with Crippen LogP contribution in [0.5, 0.6) is 11.5 Å². The molecule has 0 fully saturated rings. The molecule has 3 rings (SSSR count). The Morgan fingerprint density at radius 2 is 0.810 bits per heavy atom. The monoisotopic (exact) mass is 666 g/mol. The highest BCUT2D eigenvalue weighted by molar-refractivity contribution is 9.08. The van der Waals surface area contributed by atoms with Crippen LogP contribution in [0.2, 0.25) is 36.3 Å². The van der Waals surface area contributed by atoms with E-state index in [1.165, 1.54) is 27.8 Å². The fraction of sp³-hybridized carbons (Fsp3) is 0.514. The molecule has 0 saturated heterocycles. The summed E-state index contributed by atoms with van der Waals surface area (Å²) in [7, 11) is -3.76. The molecule has 3 aromatic carbocycles. The maximum atomic E-state index is 6.57. The van der Waals surface area contributed by atoms with Gasteiger partial charge in [0.2, 0.25) is 16.6 Å². The minimum atomic E-state index is -1.88. The van der Waals surface area contributed by atoms with Crippen LogP contribution in [0.3, 0.4) is 0 Å². The molecule has 0 unspecified atom stereocenters. The average molecular weight is 668 g/mol. The number of rotatable bonds is 9. The van der Waals surface area contributed by atoms with Gasteiger partial charge < -0.3 is 8.85 Å². The molecule has 230 valence electrons. The van der Waals surface area contributed by atoms with E-state index in [9.17, 15) is 0 Å². The van der Waals surface area contributed by atoms with Gasteiger partial charge in [0.1, 0.15) is 11.5 Å². The van der Waals surface area contributed by atoms with E-state index in [1.54, 1.807) is 0 Å². The lowest BCUT2D eigenvalue weighted by atomic mass is 9.72. The van der Waals surface area contributed by atoms with Crippen molar-refractivity contribution in [1.29, 1.82) is 0 Å². The van der Waals surface area contributed by atoms with Crippen molar-refractivity contribution < 1.29 is 8.85 Å². The molecule has 0 aliphatic rings. The Labute approximate surface area is 268 Å². The lowest BCUT2D eigenvalue weighted by Gasteiger charge is -2.37. The fourth-order valence-electron chi connectivity index (χ4n) is 4.60. The molecule has 0 spiro atoms. The van der Waals surface area contributed by atoms with E-state index in [0.29, 0.717) is 0 Å². The fourth-order valence-corrected chi connectivity index (χ4v) is 6.99. The van der Waals surface area contributed by atoms with Crippen LogP contribution in [0.15, 0.2) is 66.7 Å². The average Bonchev–Trinajstić information content (AvgIpc) is 2.87. The molecule has 0 radical (unpaired) electrons. The Morgan fingerprint density at radius 3 is 1.07 bits per heavy atom. The molecule has 42 heavy (non-hydrogen) atoms. The van der Waals surface area contributed by atoms with Gasteiger partial charge in [-0.25, -0.2) is 0 Å². The number of hydrogen-bond donors (Lipinski definition) is 0. The first-order chi connectivity index (χ1) is 19.0. The van der Waals surface area contributed by atoms with Crippen molar-refractivity contribution in [3.05, 3.63) is 94.5 Å². The summed E-state index contributed by atoms with van der Waals surface area (Å²) in [6, 6.07) is 24.7. The zero-order valence-corrected chi connectivity index (χ0v) is 32.3. The van der Waals surface area contributed by atoms with E-state index in [2.05, 4.69) is 178 Å². The Hall–Kier alpha value is -1.83. The summed E-state index contributed by atoms with van der Waals surface area (Å²) in [5, 5.41) is 1.16. The predicted octanol–water partition coefficient (Wildman–Crippen LogP) is 12.0. The zero-order chi connectivity index (χ0) is 31.9. The highest BCUT2D eigenvalue weighted by Crippen LogP contribution is 2.42. The maximum Gasteiger partial charge on any atom is 0.250 e. The number of benzene rings is 3. The lowest BCUT2D eigenvalue weighted by Crippen LogP contribution is -2.43. The van der Waals surface area contributed by atoms with Crippen LogP contribution < -0.4 is 8.85 Å². The standard InChI is InChI=1S/C37H55BrO2Si2/c1-34(2,3)41(11,12)39-32-19-15-28(16-20-32)36(7,8)30-23-27(26-38)24-31(25-30)37(9,10)29-17-21-33(22-18-29)40-42(13,14)35(4,5)6/h15-25H,26H2,1-14H3. The van der Waals surface area contributed by atoms with Gasteiger partial charge >= 0.3 is 0 Å². The van der Waals surface area contributed by atoms with Gasteiger partial charge in [-0.05, 0) is 88.3 Å². The SMILES string of the molecule is CC(C)(c1ccc(O[Si](C)(C)C(C)(C)C)cc1)c1cc(CBr)cc(C(C)(C)c2ccc(O[Si](C)(C)C(C)(C)C)cc2)c1. The Balaban J connectivity index is 1.94. The van der Waals surface area contributed by atoms with E-state index in [4.69, 9.17) is 8.85 Å². The molecule has 5 heteroatoms. The van der Waals surface area contributed by atoms with Crippen molar-refractivity contribution >= 4 is 32.6 Å². The smallest absolute Gasteiger partial charge is 0.250 e. The molecule has 0 atom stereocenters. The van der Waals surface area contributed by atoms with Gasteiger partial charge in [-0.3, -0.25) is 0 Å². The molecule has 0 N–H and O–H groups in total. The molecular formula is C37H55BrO2Si2. The summed E-state index contributed by atoms with van der Waals surface area (Å²) in [5.74, 6) is 1.94. The van der Waals surface area contributed by atoms with Crippen molar-refractivity contribution in [2.24, 2.45) is 0 Å². The molecule has 0 aliphatic carbocycles. The molecule has 0 aliphatic heterocycles. The van der Waals surface area contributed by atoms with Crippen LogP contribution in [0.25, 0.3) is 0 Å². The van der Waals surface area contributed by atoms with E-state index in [-0.39, 0.29) is 20.9 Å². The topological polar surface area (TPSA) is 18.5 Å². The molecular weight excluding hydrogens is 612 g/mol. The summed E-state index contributed by atoms with van der Waals surface area (Å²) in [5.41, 5.74) is 6.16. The first-order valence-electron chi connectivity index (χ1n) is 15.3.